The number of hydrogen-bond acceptors (Lipinski definition) is 4. The Hall–Kier alpha value is -3.88. The van der Waals surface area contributed by atoms with E-state index in [1.807, 2.05) is 19.2 Å². The largest absolute Gasteiger partial charge is 1.00 e. The molecule has 0 fully saturated rings. The summed E-state index contributed by atoms with van der Waals surface area (Å²) in [6, 6.07) is 25.9. The first kappa shape index (κ1) is 33.3. The summed E-state index contributed by atoms with van der Waals surface area (Å²) in [4.78, 5) is 8.28. The fraction of sp³-hybridized carbons (Fsp3) is 0.200. The van der Waals surface area contributed by atoms with Crippen LogP contribution in [0.3, 0.4) is 0 Å². The Morgan fingerprint density at radius 3 is 1.46 bits per heavy atom. The van der Waals surface area contributed by atoms with Crippen molar-refractivity contribution in [3.8, 4) is 0 Å². The average Bonchev–Trinajstić information content (AvgIpc) is 2.98. The molecule has 0 aromatic heterocycles. The molecule has 41 heavy (non-hydrogen) atoms. The zero-order valence-electron chi connectivity index (χ0n) is 24.2. The van der Waals surface area contributed by atoms with Gasteiger partial charge in [-0.1, -0.05) is 55.0 Å². The molecule has 0 unspecified atom stereocenters. The Morgan fingerprint density at radius 1 is 0.585 bits per heavy atom. The minimum Gasteiger partial charge on any atom is -0.375 e. The van der Waals surface area contributed by atoms with Crippen LogP contribution in [-0.4, -0.2) is 37.6 Å². The summed E-state index contributed by atoms with van der Waals surface area (Å²) >= 11 is 0. The van der Waals surface area contributed by atoms with Gasteiger partial charge in [0.15, 0.2) is 0 Å². The first-order valence-electron chi connectivity index (χ1n) is 13.3. The Kier molecular flexibility index (Phi) is 13.9. The zero-order chi connectivity index (χ0) is 27.5. The van der Waals surface area contributed by atoms with E-state index in [1.54, 1.807) is 7.05 Å². The Morgan fingerprint density at radius 2 is 1.00 bits per heavy atom. The van der Waals surface area contributed by atoms with Crippen LogP contribution in [0.25, 0.3) is 0 Å². The Balaban J connectivity index is 0.000000290. The molecule has 0 amide bonds. The summed E-state index contributed by atoms with van der Waals surface area (Å²) in [5.74, 6) is 0. The second kappa shape index (κ2) is 17.0. The van der Waals surface area contributed by atoms with Crippen molar-refractivity contribution in [1.82, 2.24) is 0 Å². The number of nitrogens with one attached hydrogen (secondary N) is 2. The van der Waals surface area contributed by atoms with Gasteiger partial charge in [0.25, 0.3) is 0 Å². The Bertz CT molecular complexity index is 1360. The Labute approximate surface area is 258 Å². The normalized spacial score (nSPS) is 16.5. The van der Waals surface area contributed by atoms with Crippen molar-refractivity contribution in [2.45, 2.75) is 33.4 Å². The molecule has 0 saturated carbocycles. The van der Waals surface area contributed by atoms with Crippen LogP contribution in [0.4, 0.5) is 22.7 Å². The summed E-state index contributed by atoms with van der Waals surface area (Å²) in [6.07, 6.45) is 16.8. The predicted molar refractivity (Wildman–Crippen MR) is 175 cm³/mol. The van der Waals surface area contributed by atoms with Crippen molar-refractivity contribution in [3.05, 3.63) is 133 Å². The zero-order valence-corrected chi connectivity index (χ0v) is 24.2. The van der Waals surface area contributed by atoms with E-state index in [2.05, 4.69) is 149 Å². The van der Waals surface area contributed by atoms with Crippen LogP contribution >= 0.6 is 0 Å². The van der Waals surface area contributed by atoms with Crippen molar-refractivity contribution in [2.24, 2.45) is 9.98 Å². The van der Waals surface area contributed by atoms with Gasteiger partial charge in [0.2, 0.25) is 0 Å². The minimum atomic E-state index is 0. The van der Waals surface area contributed by atoms with Gasteiger partial charge in [-0.05, 0) is 86.7 Å². The van der Waals surface area contributed by atoms with Crippen LogP contribution in [0.1, 0.15) is 18.6 Å². The molecule has 0 atom stereocenters. The molecule has 206 valence electrons. The molecule has 6 heteroatoms. The van der Waals surface area contributed by atoms with Crippen LogP contribution in [0.5, 0.6) is 0 Å². The first-order valence-corrected chi connectivity index (χ1v) is 13.3. The third-order valence-electron chi connectivity index (χ3n) is 6.46. The van der Waals surface area contributed by atoms with Crippen molar-refractivity contribution < 1.29 is 24.2 Å². The van der Waals surface area contributed by atoms with E-state index in [9.17, 15) is 0 Å². The summed E-state index contributed by atoms with van der Waals surface area (Å²) in [5, 5.41) is 9.09. The molecule has 0 saturated heterocycles. The summed E-state index contributed by atoms with van der Waals surface area (Å²) in [6.45, 7) is 4.19. The molecule has 5 rings (SSSR count). The van der Waals surface area contributed by atoms with Gasteiger partial charge in [-0.3, -0.25) is 9.98 Å². The van der Waals surface area contributed by atoms with Crippen LogP contribution in [0.2, 0.25) is 0 Å². The second-order valence-corrected chi connectivity index (χ2v) is 9.63. The van der Waals surface area contributed by atoms with E-state index < -0.39 is 0 Å². The minimum absolute atomic E-state index is 0. The average molecular weight is 540 g/mol. The second-order valence-electron chi connectivity index (χ2n) is 9.63. The van der Waals surface area contributed by atoms with E-state index in [0.717, 1.165) is 28.5 Å². The fourth-order valence-corrected chi connectivity index (χ4v) is 4.11. The quantitative estimate of drug-likeness (QED) is 0.326. The van der Waals surface area contributed by atoms with Crippen LogP contribution in [-0.2, 0) is 0 Å². The fourth-order valence-electron chi connectivity index (χ4n) is 4.11. The number of allylic oxidation sites excluding steroid dienone is 4. The van der Waals surface area contributed by atoms with Crippen molar-refractivity contribution >= 4 is 34.2 Å². The maximum absolute atomic E-state index is 4.17. The van der Waals surface area contributed by atoms with Gasteiger partial charge in [0.05, 0.1) is 17.5 Å². The van der Waals surface area contributed by atoms with Gasteiger partial charge in [-0.25, -0.2) is 0 Å². The van der Waals surface area contributed by atoms with Gasteiger partial charge in [0.1, 0.15) is 11.7 Å². The number of anilines is 3. The molecule has 0 bridgehead atoms. The molecule has 5 nitrogen and oxygen atoms in total. The van der Waals surface area contributed by atoms with Crippen molar-refractivity contribution in [1.29, 1.82) is 0 Å². The number of rotatable bonds is 6. The number of nitrogens with two attached hydrogens (primary N) is 1. The van der Waals surface area contributed by atoms with Gasteiger partial charge < -0.3 is 16.0 Å². The number of quaternary nitrogens is 1. The van der Waals surface area contributed by atoms with Crippen LogP contribution in [0, 0.1) is 13.8 Å². The van der Waals surface area contributed by atoms with Crippen LogP contribution in [0.15, 0.2) is 131 Å². The summed E-state index contributed by atoms with van der Waals surface area (Å²) in [7, 11) is 3.62. The predicted octanol–water partition coefficient (Wildman–Crippen LogP) is 4.11. The maximum Gasteiger partial charge on any atom is 1.00 e. The van der Waals surface area contributed by atoms with E-state index in [-0.39, 0.29) is 32.3 Å². The van der Waals surface area contributed by atoms with E-state index in [0.29, 0.717) is 6.04 Å². The number of nitrogens with zero attached hydrogens (tertiary/aromatic N) is 2. The molecule has 0 heterocycles. The number of aryl methyl sites for hydroxylation is 2. The molecule has 2 aliphatic carbocycles. The van der Waals surface area contributed by atoms with Crippen LogP contribution < -0.4 is 34.8 Å². The standard InChI is InChI=1S/C20H21N3.C14H16N2.CH4.Li/c1-15-3-5-17(6-4-15)22-19-11-13-20(14-12-19)23-18-9-7-16(21-2)8-10-18;1-11-3-5-13(6-4-11)16-14-9-7-12(15-2)8-10-14;;/h3-14,18,22-23H,1-2H3;3-10,14,16H,1-2H3;1H4;/q;;;+1/p+1. The molecular formula is C35H42LiN5+2. The van der Waals surface area contributed by atoms with Gasteiger partial charge >= 0.3 is 18.9 Å². The molecular weight excluding hydrogens is 497 g/mol. The van der Waals surface area contributed by atoms with Crippen molar-refractivity contribution in [3.63, 3.8) is 0 Å². The van der Waals surface area contributed by atoms with Gasteiger partial charge in [0, 0.05) is 43.3 Å². The number of benzene rings is 3. The first-order chi connectivity index (χ1) is 19.0. The molecule has 0 spiro atoms. The maximum atomic E-state index is 4.17. The molecule has 0 radical (unpaired) electrons. The van der Waals surface area contributed by atoms with Gasteiger partial charge in [-0.2, -0.15) is 0 Å². The summed E-state index contributed by atoms with van der Waals surface area (Å²) in [5.41, 5.74) is 9.15. The van der Waals surface area contributed by atoms with E-state index >= 15 is 0 Å². The molecule has 0 aliphatic heterocycles. The topological polar surface area (TPSA) is 65.4 Å². The SMILES string of the molecule is C.CN=C1C=CC(Nc2ccc(C)cc2)C=C1.CN=C1C=CC([NH2+]c2ccc(Nc3ccc(C)cc3)cc2)C=C1.[Li+]. The van der Waals surface area contributed by atoms with Crippen molar-refractivity contribution in [2.75, 3.05) is 24.7 Å². The van der Waals surface area contributed by atoms with E-state index in [4.69, 9.17) is 0 Å². The molecule has 3 aromatic rings. The third-order valence-corrected chi connectivity index (χ3v) is 6.46. The molecule has 4 N–H and O–H groups in total. The number of hydrogen-bond donors (Lipinski definition) is 3. The van der Waals surface area contributed by atoms with E-state index in [1.165, 1.54) is 16.8 Å². The monoisotopic (exact) mass is 539 g/mol. The number of aliphatic imine (C=N–C) groups is 2. The molecule has 2 aliphatic rings. The van der Waals surface area contributed by atoms with Gasteiger partial charge in [-0.15, -0.1) is 0 Å². The smallest absolute Gasteiger partial charge is 0.375 e. The molecule has 3 aromatic carbocycles. The third kappa shape index (κ3) is 10.9. The summed E-state index contributed by atoms with van der Waals surface area (Å²) < 4.78 is 0.